The molecule has 110 valence electrons. The van der Waals surface area contributed by atoms with Gasteiger partial charge in [-0.3, -0.25) is 4.79 Å². The topological polar surface area (TPSA) is 38.3 Å². The van der Waals surface area contributed by atoms with E-state index in [1.165, 1.54) is 0 Å². The number of carbonyl (C=O) groups is 1. The quantitative estimate of drug-likeness (QED) is 0.866. The first-order valence-electron chi connectivity index (χ1n) is 6.17. The lowest BCUT2D eigenvalue weighted by Crippen LogP contribution is -2.27. The standard InChI is InChI=1S/C13H14F3NO2S/c14-13(15,16)8-20-11-6-2-1-4-9(11)17-12(18)10-5-3-7-19-10/h1-2,4,6,10H,3,5,7-8H2,(H,17,18). The molecule has 1 atom stereocenters. The molecule has 0 saturated carbocycles. The summed E-state index contributed by atoms with van der Waals surface area (Å²) >= 11 is 0.658. The normalized spacial score (nSPS) is 19.1. The van der Waals surface area contributed by atoms with E-state index >= 15 is 0 Å². The minimum Gasteiger partial charge on any atom is -0.368 e. The molecule has 1 aliphatic heterocycles. The predicted octanol–water partition coefficient (Wildman–Crippen LogP) is 3.46. The molecule has 1 heterocycles. The molecule has 0 aliphatic carbocycles. The van der Waals surface area contributed by atoms with Crippen LogP contribution >= 0.6 is 11.8 Å². The van der Waals surface area contributed by atoms with E-state index < -0.39 is 18.0 Å². The Balaban J connectivity index is 2.01. The molecule has 3 nitrogen and oxygen atoms in total. The lowest BCUT2D eigenvalue weighted by Gasteiger charge is -2.14. The second-order valence-corrected chi connectivity index (χ2v) is 5.41. The van der Waals surface area contributed by atoms with Gasteiger partial charge < -0.3 is 10.1 Å². The van der Waals surface area contributed by atoms with E-state index in [2.05, 4.69) is 5.32 Å². The van der Waals surface area contributed by atoms with Gasteiger partial charge in [0.25, 0.3) is 5.91 Å². The van der Waals surface area contributed by atoms with Gasteiger partial charge in [0.05, 0.1) is 11.4 Å². The molecule has 7 heteroatoms. The average molecular weight is 305 g/mol. The van der Waals surface area contributed by atoms with Gasteiger partial charge in [-0.15, -0.1) is 11.8 Å². The third-order valence-electron chi connectivity index (χ3n) is 2.76. The van der Waals surface area contributed by atoms with Crippen LogP contribution in [0.5, 0.6) is 0 Å². The number of thioether (sulfide) groups is 1. The van der Waals surface area contributed by atoms with Crippen LogP contribution in [0.3, 0.4) is 0 Å². The highest BCUT2D eigenvalue weighted by atomic mass is 32.2. The summed E-state index contributed by atoms with van der Waals surface area (Å²) < 4.78 is 42.0. The molecule has 1 unspecified atom stereocenters. The zero-order valence-corrected chi connectivity index (χ0v) is 11.4. The number of ether oxygens (including phenoxy) is 1. The first-order valence-corrected chi connectivity index (χ1v) is 7.15. The Morgan fingerprint density at radius 2 is 2.15 bits per heavy atom. The molecule has 1 aromatic carbocycles. The van der Waals surface area contributed by atoms with Crippen LogP contribution in [0.2, 0.25) is 0 Å². The molecule has 0 bridgehead atoms. The van der Waals surface area contributed by atoms with Crippen LogP contribution in [-0.4, -0.2) is 30.5 Å². The summed E-state index contributed by atoms with van der Waals surface area (Å²) in [6.07, 6.45) is -3.28. The molecule has 0 spiro atoms. The van der Waals surface area contributed by atoms with Crippen LogP contribution in [-0.2, 0) is 9.53 Å². The van der Waals surface area contributed by atoms with Gasteiger partial charge in [-0.1, -0.05) is 12.1 Å². The van der Waals surface area contributed by atoms with Gasteiger partial charge in [-0.05, 0) is 25.0 Å². The number of para-hydroxylation sites is 1. The minimum absolute atomic E-state index is 0.303. The summed E-state index contributed by atoms with van der Waals surface area (Å²) in [6.45, 7) is 0.544. The predicted molar refractivity (Wildman–Crippen MR) is 70.8 cm³/mol. The molecule has 1 amide bonds. The SMILES string of the molecule is O=C(Nc1ccccc1SCC(F)(F)F)C1CCCO1. The van der Waals surface area contributed by atoms with Crippen LogP contribution in [0.15, 0.2) is 29.2 Å². The molecular formula is C13H14F3NO2S. The second kappa shape index (κ2) is 6.49. The van der Waals surface area contributed by atoms with Crippen LogP contribution < -0.4 is 5.32 Å². The van der Waals surface area contributed by atoms with Gasteiger partial charge in [-0.2, -0.15) is 13.2 Å². The number of carbonyl (C=O) groups excluding carboxylic acids is 1. The monoisotopic (exact) mass is 305 g/mol. The maximum absolute atomic E-state index is 12.3. The lowest BCUT2D eigenvalue weighted by molar-refractivity contribution is -0.124. The largest absolute Gasteiger partial charge is 0.398 e. The Morgan fingerprint density at radius 3 is 2.80 bits per heavy atom. The third-order valence-corrected chi connectivity index (χ3v) is 3.90. The zero-order valence-electron chi connectivity index (χ0n) is 10.6. The van der Waals surface area contributed by atoms with Crippen LogP contribution in [0.1, 0.15) is 12.8 Å². The van der Waals surface area contributed by atoms with E-state index in [-0.39, 0.29) is 5.91 Å². The van der Waals surface area contributed by atoms with Crippen LogP contribution in [0.25, 0.3) is 0 Å². The van der Waals surface area contributed by atoms with Crippen molar-refractivity contribution in [3.63, 3.8) is 0 Å². The van der Waals surface area contributed by atoms with Gasteiger partial charge in [0, 0.05) is 11.5 Å². The van der Waals surface area contributed by atoms with E-state index in [4.69, 9.17) is 4.74 Å². The molecule has 0 radical (unpaired) electrons. The summed E-state index contributed by atoms with van der Waals surface area (Å²) in [7, 11) is 0. The highest BCUT2D eigenvalue weighted by Gasteiger charge is 2.28. The molecule has 20 heavy (non-hydrogen) atoms. The van der Waals surface area contributed by atoms with Gasteiger partial charge in [0.15, 0.2) is 0 Å². The average Bonchev–Trinajstić information content (AvgIpc) is 2.90. The van der Waals surface area contributed by atoms with Crippen molar-refractivity contribution in [3.8, 4) is 0 Å². The molecule has 1 aromatic rings. The van der Waals surface area contributed by atoms with Crippen molar-refractivity contribution in [1.29, 1.82) is 0 Å². The highest BCUT2D eigenvalue weighted by Crippen LogP contribution is 2.32. The van der Waals surface area contributed by atoms with Crippen molar-refractivity contribution in [2.45, 2.75) is 30.0 Å². The Morgan fingerprint density at radius 1 is 1.40 bits per heavy atom. The number of alkyl halides is 3. The number of hydrogen-bond donors (Lipinski definition) is 1. The number of halogens is 3. The maximum atomic E-state index is 12.3. The van der Waals surface area contributed by atoms with Gasteiger partial charge in [0.1, 0.15) is 6.10 Å². The number of hydrogen-bond acceptors (Lipinski definition) is 3. The van der Waals surface area contributed by atoms with Gasteiger partial charge in [-0.25, -0.2) is 0 Å². The highest BCUT2D eigenvalue weighted by molar-refractivity contribution is 7.99. The van der Waals surface area contributed by atoms with Crippen LogP contribution in [0, 0.1) is 0 Å². The molecule has 1 saturated heterocycles. The van der Waals surface area contributed by atoms with Crippen molar-refractivity contribution in [3.05, 3.63) is 24.3 Å². The van der Waals surface area contributed by atoms with Gasteiger partial charge in [0.2, 0.25) is 0 Å². The smallest absolute Gasteiger partial charge is 0.368 e. The number of benzene rings is 1. The summed E-state index contributed by atoms with van der Waals surface area (Å²) in [4.78, 5) is 12.3. The Bertz CT molecular complexity index is 473. The van der Waals surface area contributed by atoms with Crippen molar-refractivity contribution in [2.75, 3.05) is 17.7 Å². The molecular weight excluding hydrogens is 291 g/mol. The van der Waals surface area contributed by atoms with E-state index in [1.54, 1.807) is 24.3 Å². The van der Waals surface area contributed by atoms with E-state index in [0.29, 0.717) is 35.4 Å². The Labute approximate surface area is 118 Å². The van der Waals surface area contributed by atoms with Gasteiger partial charge >= 0.3 is 6.18 Å². The summed E-state index contributed by atoms with van der Waals surface area (Å²) in [5.41, 5.74) is 0.391. The summed E-state index contributed by atoms with van der Waals surface area (Å²) in [5.74, 6) is -1.29. The van der Waals surface area contributed by atoms with E-state index in [9.17, 15) is 18.0 Å². The second-order valence-electron chi connectivity index (χ2n) is 4.39. The Hall–Kier alpha value is -1.21. The van der Waals surface area contributed by atoms with Crippen molar-refractivity contribution in [2.24, 2.45) is 0 Å². The summed E-state index contributed by atoms with van der Waals surface area (Å²) in [6, 6.07) is 6.45. The fraction of sp³-hybridized carbons (Fsp3) is 0.462. The molecule has 1 N–H and O–H groups in total. The zero-order chi connectivity index (χ0) is 14.6. The maximum Gasteiger partial charge on any atom is 0.398 e. The van der Waals surface area contributed by atoms with E-state index in [1.807, 2.05) is 0 Å². The molecule has 1 fully saturated rings. The van der Waals surface area contributed by atoms with Crippen molar-refractivity contribution >= 4 is 23.4 Å². The number of amides is 1. The number of rotatable bonds is 4. The first kappa shape index (κ1) is 15.2. The first-order chi connectivity index (χ1) is 9.46. The van der Waals surface area contributed by atoms with Crippen molar-refractivity contribution in [1.82, 2.24) is 0 Å². The van der Waals surface area contributed by atoms with Crippen LogP contribution in [0.4, 0.5) is 18.9 Å². The number of anilines is 1. The Kier molecular flexibility index (Phi) is 4.93. The van der Waals surface area contributed by atoms with E-state index in [0.717, 1.165) is 6.42 Å². The summed E-state index contributed by atoms with van der Waals surface area (Å²) in [5, 5.41) is 2.64. The molecule has 2 rings (SSSR count). The fourth-order valence-corrected chi connectivity index (χ4v) is 2.62. The minimum atomic E-state index is -4.24. The third kappa shape index (κ3) is 4.42. The molecule has 1 aliphatic rings. The molecule has 0 aromatic heterocycles. The lowest BCUT2D eigenvalue weighted by atomic mass is 10.2. The van der Waals surface area contributed by atoms with Crippen molar-refractivity contribution < 1.29 is 22.7 Å². The number of nitrogens with one attached hydrogen (secondary N) is 1. The fourth-order valence-electron chi connectivity index (χ4n) is 1.85.